The first-order chi connectivity index (χ1) is 11.6. The molecule has 2 heterocycles. The summed E-state index contributed by atoms with van der Waals surface area (Å²) < 4.78 is 0. The van der Waals surface area contributed by atoms with Crippen LogP contribution in [-0.2, 0) is 9.59 Å². The molecule has 0 aliphatic carbocycles. The second-order valence-corrected chi connectivity index (χ2v) is 6.45. The average Bonchev–Trinajstić information content (AvgIpc) is 3.14. The summed E-state index contributed by atoms with van der Waals surface area (Å²) in [6.07, 6.45) is 1.13. The zero-order chi connectivity index (χ0) is 17.1. The van der Waals surface area contributed by atoms with Crippen molar-refractivity contribution in [1.29, 1.82) is 0 Å². The highest BCUT2D eigenvalue weighted by atomic mass is 16.2. The lowest BCUT2D eigenvalue weighted by Crippen LogP contribution is -2.34. The zero-order valence-corrected chi connectivity index (χ0v) is 14.1. The lowest BCUT2D eigenvalue weighted by atomic mass is 10.1. The van der Waals surface area contributed by atoms with Crippen LogP contribution in [0.4, 0.5) is 5.82 Å². The summed E-state index contributed by atoms with van der Waals surface area (Å²) in [5, 5.41) is 11.0. The maximum atomic E-state index is 12.3. The average molecular weight is 329 g/mol. The Hall–Kier alpha value is -2.41. The lowest BCUT2D eigenvalue weighted by molar-refractivity contribution is -0.126. The van der Waals surface area contributed by atoms with Gasteiger partial charge in [0, 0.05) is 24.9 Å². The van der Waals surface area contributed by atoms with Crippen LogP contribution in [0.3, 0.4) is 0 Å². The third-order valence-electron chi connectivity index (χ3n) is 4.28. The fourth-order valence-electron chi connectivity index (χ4n) is 2.99. The van der Waals surface area contributed by atoms with Gasteiger partial charge in [0.25, 0.3) is 0 Å². The molecule has 2 amide bonds. The monoisotopic (exact) mass is 329 g/mol. The second kappa shape index (κ2) is 7.00. The molecule has 0 radical (unpaired) electrons. The van der Waals surface area contributed by atoms with Gasteiger partial charge in [0.05, 0.1) is 11.4 Å². The number of benzene rings is 1. The van der Waals surface area contributed by atoms with Crippen LogP contribution in [-0.4, -0.2) is 60.6 Å². The van der Waals surface area contributed by atoms with Crippen molar-refractivity contribution >= 4 is 28.5 Å². The molecular formula is C17H23N5O2. The van der Waals surface area contributed by atoms with E-state index in [0.29, 0.717) is 18.9 Å². The van der Waals surface area contributed by atoms with E-state index in [4.69, 9.17) is 0 Å². The fourth-order valence-corrected chi connectivity index (χ4v) is 2.99. The minimum atomic E-state index is -0.313. The number of carbonyl (C=O) groups excluding carboxylic acids is 2. The summed E-state index contributed by atoms with van der Waals surface area (Å²) >= 11 is 0. The number of anilines is 1. The van der Waals surface area contributed by atoms with Crippen molar-refractivity contribution in [3.05, 3.63) is 24.3 Å². The standard InChI is InChI=1S/C17H23N5O2/c1-21(2)9-5-8-18-17(24)12-10-15(23)22(11-12)16-13-6-3-4-7-14(13)19-20-16/h3-4,6-7,12H,5,8-11H2,1-2H3,(H,18,24)(H,19,20)/t12-/m0/s1. The van der Waals surface area contributed by atoms with Crippen molar-refractivity contribution in [1.82, 2.24) is 20.4 Å². The summed E-state index contributed by atoms with van der Waals surface area (Å²) in [5.74, 6) is 0.191. The van der Waals surface area contributed by atoms with E-state index in [1.165, 1.54) is 0 Å². The second-order valence-electron chi connectivity index (χ2n) is 6.45. The highest BCUT2D eigenvalue weighted by Crippen LogP contribution is 2.29. The number of nitrogens with zero attached hydrogens (tertiary/aromatic N) is 3. The van der Waals surface area contributed by atoms with Crippen LogP contribution in [0.25, 0.3) is 10.9 Å². The Labute approximate surface area is 141 Å². The third kappa shape index (κ3) is 3.41. The third-order valence-corrected chi connectivity index (χ3v) is 4.28. The number of fused-ring (bicyclic) bond motifs is 1. The number of H-pyrrole nitrogens is 1. The van der Waals surface area contributed by atoms with Crippen LogP contribution in [0.15, 0.2) is 24.3 Å². The molecule has 128 valence electrons. The molecular weight excluding hydrogens is 306 g/mol. The van der Waals surface area contributed by atoms with Crippen molar-refractivity contribution in [2.24, 2.45) is 5.92 Å². The number of aromatic nitrogens is 2. The van der Waals surface area contributed by atoms with Gasteiger partial charge in [0.15, 0.2) is 5.82 Å². The Morgan fingerprint density at radius 1 is 1.42 bits per heavy atom. The largest absolute Gasteiger partial charge is 0.356 e. The maximum absolute atomic E-state index is 12.3. The molecule has 1 fully saturated rings. The normalized spacial score (nSPS) is 17.9. The van der Waals surface area contributed by atoms with Gasteiger partial charge in [-0.25, -0.2) is 0 Å². The number of para-hydroxylation sites is 1. The highest BCUT2D eigenvalue weighted by molar-refractivity contribution is 6.05. The summed E-state index contributed by atoms with van der Waals surface area (Å²) in [5.41, 5.74) is 0.886. The van der Waals surface area contributed by atoms with Gasteiger partial charge in [-0.05, 0) is 39.2 Å². The van der Waals surface area contributed by atoms with Gasteiger partial charge in [-0.15, -0.1) is 0 Å². The Morgan fingerprint density at radius 3 is 3.00 bits per heavy atom. The molecule has 24 heavy (non-hydrogen) atoms. The molecule has 0 bridgehead atoms. The first kappa shape index (κ1) is 16.4. The SMILES string of the molecule is CN(C)CCCNC(=O)[C@H]1CC(=O)N(c2n[nH]c3ccccc23)C1. The molecule has 1 aromatic carbocycles. The molecule has 3 rings (SSSR count). The first-order valence-electron chi connectivity index (χ1n) is 8.22. The van der Waals surface area contributed by atoms with Crippen LogP contribution < -0.4 is 10.2 Å². The van der Waals surface area contributed by atoms with E-state index in [1.807, 2.05) is 38.4 Å². The zero-order valence-electron chi connectivity index (χ0n) is 14.1. The van der Waals surface area contributed by atoms with E-state index >= 15 is 0 Å². The summed E-state index contributed by atoms with van der Waals surface area (Å²) in [6, 6.07) is 7.67. The van der Waals surface area contributed by atoms with Gasteiger partial charge in [0.2, 0.25) is 11.8 Å². The quantitative estimate of drug-likeness (QED) is 0.774. The molecule has 0 spiro atoms. The van der Waals surface area contributed by atoms with Crippen LogP contribution in [0, 0.1) is 5.92 Å². The molecule has 1 saturated heterocycles. The van der Waals surface area contributed by atoms with Crippen molar-refractivity contribution in [3.63, 3.8) is 0 Å². The van der Waals surface area contributed by atoms with E-state index in [0.717, 1.165) is 23.9 Å². The molecule has 0 saturated carbocycles. The molecule has 1 atom stereocenters. The smallest absolute Gasteiger partial charge is 0.229 e. The first-order valence-corrected chi connectivity index (χ1v) is 8.22. The van der Waals surface area contributed by atoms with Crippen molar-refractivity contribution in [2.45, 2.75) is 12.8 Å². The van der Waals surface area contributed by atoms with Crippen molar-refractivity contribution in [2.75, 3.05) is 38.6 Å². The number of rotatable bonds is 6. The topological polar surface area (TPSA) is 81.3 Å². The Bertz CT molecular complexity index is 739. The van der Waals surface area contributed by atoms with Crippen LogP contribution in [0.5, 0.6) is 0 Å². The minimum Gasteiger partial charge on any atom is -0.356 e. The Morgan fingerprint density at radius 2 is 2.21 bits per heavy atom. The number of nitrogens with one attached hydrogen (secondary N) is 2. The molecule has 2 N–H and O–H groups in total. The Balaban J connectivity index is 1.62. The highest BCUT2D eigenvalue weighted by Gasteiger charge is 2.36. The lowest BCUT2D eigenvalue weighted by Gasteiger charge is -2.14. The van der Waals surface area contributed by atoms with E-state index in [2.05, 4.69) is 20.4 Å². The van der Waals surface area contributed by atoms with E-state index < -0.39 is 0 Å². The van der Waals surface area contributed by atoms with Crippen molar-refractivity contribution in [3.8, 4) is 0 Å². The summed E-state index contributed by atoms with van der Waals surface area (Å²) in [7, 11) is 4.01. The molecule has 1 aliphatic rings. The fraction of sp³-hybridized carbons (Fsp3) is 0.471. The van der Waals surface area contributed by atoms with Gasteiger partial charge in [-0.3, -0.25) is 19.6 Å². The molecule has 7 heteroatoms. The number of amides is 2. The molecule has 2 aromatic rings. The van der Waals surface area contributed by atoms with Crippen LogP contribution >= 0.6 is 0 Å². The van der Waals surface area contributed by atoms with Gasteiger partial charge in [0.1, 0.15) is 0 Å². The molecule has 1 aliphatic heterocycles. The number of carbonyl (C=O) groups is 2. The van der Waals surface area contributed by atoms with Crippen molar-refractivity contribution < 1.29 is 9.59 Å². The van der Waals surface area contributed by atoms with Gasteiger partial charge in [-0.1, -0.05) is 12.1 Å². The molecule has 0 unspecified atom stereocenters. The molecule has 7 nitrogen and oxygen atoms in total. The van der Waals surface area contributed by atoms with Gasteiger partial charge < -0.3 is 10.2 Å². The predicted molar refractivity (Wildman–Crippen MR) is 92.7 cm³/mol. The Kier molecular flexibility index (Phi) is 4.80. The number of hydrogen-bond donors (Lipinski definition) is 2. The molecule has 1 aromatic heterocycles. The van der Waals surface area contributed by atoms with Gasteiger partial charge >= 0.3 is 0 Å². The summed E-state index contributed by atoms with van der Waals surface area (Å²) in [4.78, 5) is 28.3. The van der Waals surface area contributed by atoms with Crippen LogP contribution in [0.2, 0.25) is 0 Å². The van der Waals surface area contributed by atoms with Crippen LogP contribution in [0.1, 0.15) is 12.8 Å². The number of aromatic amines is 1. The predicted octanol–water partition coefficient (Wildman–Crippen LogP) is 0.984. The van der Waals surface area contributed by atoms with E-state index in [9.17, 15) is 9.59 Å². The van der Waals surface area contributed by atoms with E-state index in [-0.39, 0.29) is 24.2 Å². The minimum absolute atomic E-state index is 0.0514. The summed E-state index contributed by atoms with van der Waals surface area (Å²) in [6.45, 7) is 1.94. The van der Waals surface area contributed by atoms with Gasteiger partial charge in [-0.2, -0.15) is 5.10 Å². The van der Waals surface area contributed by atoms with E-state index in [1.54, 1.807) is 4.90 Å². The maximum Gasteiger partial charge on any atom is 0.229 e. The number of hydrogen-bond acceptors (Lipinski definition) is 4.